The predicted molar refractivity (Wildman–Crippen MR) is 73.4 cm³/mol. The Labute approximate surface area is 110 Å². The van der Waals surface area contributed by atoms with Crippen LogP contribution in [0.25, 0.3) is 0 Å². The Balaban J connectivity index is 1.89. The zero-order valence-electron chi connectivity index (χ0n) is 11.5. The third-order valence-electron chi connectivity index (χ3n) is 5.17. The Morgan fingerprint density at radius 3 is 2.94 bits per heavy atom. The van der Waals surface area contributed by atoms with Gasteiger partial charge in [0.2, 0.25) is 0 Å². The highest BCUT2D eigenvalue weighted by Gasteiger charge is 2.40. The molecule has 3 atom stereocenters. The molecule has 0 aromatic heterocycles. The molecule has 2 saturated carbocycles. The number of nitrogens with one attached hydrogen (secondary N) is 1. The average Bonchev–Trinajstić information content (AvgIpc) is 2.38. The molecule has 0 spiro atoms. The summed E-state index contributed by atoms with van der Waals surface area (Å²) in [4.78, 5) is 11.7. The molecule has 3 aliphatic rings. The van der Waals surface area contributed by atoms with Gasteiger partial charge in [0, 0.05) is 18.9 Å². The topological polar surface area (TPSA) is 29.1 Å². The standard InChI is InChI=1S/C16H25NO/c1-2-3-11-8-9-17-15-7-4-12-10-13(18)5-6-14(12)16(11)15/h12,14-15,17H,2-10H2,1H3/t12-,14+,15?/m0/s1. The molecule has 3 rings (SSSR count). The number of ketones is 1. The van der Waals surface area contributed by atoms with E-state index in [2.05, 4.69) is 12.2 Å². The molecule has 2 heteroatoms. The molecule has 100 valence electrons. The van der Waals surface area contributed by atoms with E-state index in [1.54, 1.807) is 11.1 Å². The van der Waals surface area contributed by atoms with Crippen LogP contribution in [0.5, 0.6) is 0 Å². The molecule has 1 unspecified atom stereocenters. The lowest BCUT2D eigenvalue weighted by Crippen LogP contribution is -2.45. The second-order valence-electron chi connectivity index (χ2n) is 6.29. The number of rotatable bonds is 2. The van der Waals surface area contributed by atoms with E-state index in [4.69, 9.17) is 0 Å². The molecule has 0 amide bonds. The quantitative estimate of drug-likeness (QED) is 0.759. The largest absolute Gasteiger partial charge is 0.310 e. The molecule has 0 radical (unpaired) electrons. The predicted octanol–water partition coefficient (Wildman–Crippen LogP) is 3.22. The summed E-state index contributed by atoms with van der Waals surface area (Å²) < 4.78 is 0. The lowest BCUT2D eigenvalue weighted by atomic mass is 9.64. The van der Waals surface area contributed by atoms with Gasteiger partial charge in [-0.15, -0.1) is 0 Å². The van der Waals surface area contributed by atoms with Gasteiger partial charge in [0.05, 0.1) is 0 Å². The summed E-state index contributed by atoms with van der Waals surface area (Å²) >= 11 is 0. The Kier molecular flexibility index (Phi) is 3.56. The molecule has 1 N–H and O–H groups in total. The highest BCUT2D eigenvalue weighted by molar-refractivity contribution is 5.79. The SMILES string of the molecule is CCCC1=C2C(CC[C@H]3CC(=O)CC[C@@H]23)NCC1. The Hall–Kier alpha value is -0.630. The molecular weight excluding hydrogens is 222 g/mol. The van der Waals surface area contributed by atoms with Crippen LogP contribution in [0.15, 0.2) is 11.1 Å². The van der Waals surface area contributed by atoms with Gasteiger partial charge in [-0.25, -0.2) is 0 Å². The van der Waals surface area contributed by atoms with Crippen molar-refractivity contribution in [2.24, 2.45) is 11.8 Å². The van der Waals surface area contributed by atoms with Crippen LogP contribution in [0.1, 0.15) is 58.3 Å². The summed E-state index contributed by atoms with van der Waals surface area (Å²) in [6.07, 6.45) is 9.14. The minimum absolute atomic E-state index is 0.510. The Bertz CT molecular complexity index is 371. The number of carbonyl (C=O) groups is 1. The highest BCUT2D eigenvalue weighted by atomic mass is 16.1. The molecule has 18 heavy (non-hydrogen) atoms. The molecule has 0 aromatic rings. The van der Waals surface area contributed by atoms with E-state index in [0.29, 0.717) is 17.7 Å². The number of fused-ring (bicyclic) bond motifs is 3. The van der Waals surface area contributed by atoms with E-state index in [1.807, 2.05) is 0 Å². The second-order valence-corrected chi connectivity index (χ2v) is 6.29. The fourth-order valence-electron chi connectivity index (χ4n) is 4.43. The van der Waals surface area contributed by atoms with E-state index in [1.165, 1.54) is 38.6 Å². The van der Waals surface area contributed by atoms with E-state index in [0.717, 1.165) is 25.2 Å². The molecule has 2 nitrogen and oxygen atoms in total. The van der Waals surface area contributed by atoms with Crippen LogP contribution >= 0.6 is 0 Å². The van der Waals surface area contributed by atoms with E-state index >= 15 is 0 Å². The van der Waals surface area contributed by atoms with Gasteiger partial charge in [-0.1, -0.05) is 24.5 Å². The van der Waals surface area contributed by atoms with E-state index < -0.39 is 0 Å². The van der Waals surface area contributed by atoms with E-state index in [-0.39, 0.29) is 0 Å². The molecule has 0 saturated heterocycles. The lowest BCUT2D eigenvalue weighted by Gasteiger charge is -2.45. The van der Waals surface area contributed by atoms with Crippen LogP contribution in [-0.4, -0.2) is 18.4 Å². The van der Waals surface area contributed by atoms with Gasteiger partial charge < -0.3 is 5.32 Å². The van der Waals surface area contributed by atoms with E-state index in [9.17, 15) is 4.79 Å². The molecule has 1 aliphatic heterocycles. The number of carbonyl (C=O) groups excluding carboxylic acids is 1. The second kappa shape index (κ2) is 5.16. The molecule has 0 bridgehead atoms. The maximum atomic E-state index is 11.7. The summed E-state index contributed by atoms with van der Waals surface area (Å²) in [7, 11) is 0. The lowest BCUT2D eigenvalue weighted by molar-refractivity contribution is -0.122. The van der Waals surface area contributed by atoms with Crippen molar-refractivity contribution in [1.82, 2.24) is 5.32 Å². The Morgan fingerprint density at radius 1 is 1.22 bits per heavy atom. The van der Waals surface area contributed by atoms with Crippen LogP contribution in [-0.2, 0) is 4.79 Å². The maximum Gasteiger partial charge on any atom is 0.133 e. The smallest absolute Gasteiger partial charge is 0.133 e. The average molecular weight is 247 g/mol. The molecule has 0 aromatic carbocycles. The molecule has 1 heterocycles. The molecule has 2 fully saturated rings. The zero-order chi connectivity index (χ0) is 12.5. The summed E-state index contributed by atoms with van der Waals surface area (Å²) in [6, 6.07) is 0.648. The van der Waals surface area contributed by atoms with Gasteiger partial charge in [-0.3, -0.25) is 4.79 Å². The van der Waals surface area contributed by atoms with Gasteiger partial charge in [-0.05, 0) is 50.5 Å². The van der Waals surface area contributed by atoms with Crippen molar-refractivity contribution in [2.75, 3.05) is 6.54 Å². The van der Waals surface area contributed by atoms with Crippen LogP contribution in [0.3, 0.4) is 0 Å². The summed E-state index contributed by atoms with van der Waals surface area (Å²) in [6.45, 7) is 3.45. The van der Waals surface area contributed by atoms with Gasteiger partial charge in [-0.2, -0.15) is 0 Å². The minimum Gasteiger partial charge on any atom is -0.310 e. The normalized spacial score (nSPS) is 36.3. The number of hydrogen-bond acceptors (Lipinski definition) is 2. The van der Waals surface area contributed by atoms with Crippen molar-refractivity contribution in [3.05, 3.63) is 11.1 Å². The maximum absolute atomic E-state index is 11.7. The Morgan fingerprint density at radius 2 is 2.11 bits per heavy atom. The van der Waals surface area contributed by atoms with Gasteiger partial charge >= 0.3 is 0 Å². The van der Waals surface area contributed by atoms with Gasteiger partial charge in [0.1, 0.15) is 5.78 Å². The molecule has 2 aliphatic carbocycles. The summed E-state index contributed by atoms with van der Waals surface area (Å²) in [5.41, 5.74) is 3.48. The first-order chi connectivity index (χ1) is 8.79. The fourth-order valence-corrected chi connectivity index (χ4v) is 4.43. The van der Waals surface area contributed by atoms with Crippen molar-refractivity contribution in [2.45, 2.75) is 64.3 Å². The summed E-state index contributed by atoms with van der Waals surface area (Å²) in [5, 5.41) is 3.71. The first-order valence-electron chi connectivity index (χ1n) is 7.76. The minimum atomic E-state index is 0.510. The van der Waals surface area contributed by atoms with Crippen molar-refractivity contribution in [1.29, 1.82) is 0 Å². The van der Waals surface area contributed by atoms with Crippen molar-refractivity contribution < 1.29 is 4.79 Å². The van der Waals surface area contributed by atoms with Crippen molar-refractivity contribution in [3.8, 4) is 0 Å². The first-order valence-corrected chi connectivity index (χ1v) is 7.76. The van der Waals surface area contributed by atoms with Gasteiger partial charge in [0.25, 0.3) is 0 Å². The third-order valence-corrected chi connectivity index (χ3v) is 5.17. The van der Waals surface area contributed by atoms with Crippen LogP contribution in [0.4, 0.5) is 0 Å². The number of Topliss-reactive ketones (excluding diaryl/α,β-unsaturated/α-hetero) is 1. The third kappa shape index (κ3) is 2.16. The molecular formula is C16H25NO. The van der Waals surface area contributed by atoms with Gasteiger partial charge in [0.15, 0.2) is 0 Å². The van der Waals surface area contributed by atoms with Crippen molar-refractivity contribution >= 4 is 5.78 Å². The summed E-state index contributed by atoms with van der Waals surface area (Å²) in [5.74, 6) is 1.91. The van der Waals surface area contributed by atoms with Crippen LogP contribution in [0.2, 0.25) is 0 Å². The van der Waals surface area contributed by atoms with Crippen LogP contribution < -0.4 is 5.32 Å². The van der Waals surface area contributed by atoms with Crippen molar-refractivity contribution in [3.63, 3.8) is 0 Å². The highest BCUT2D eigenvalue weighted by Crippen LogP contribution is 2.45. The fraction of sp³-hybridized carbons (Fsp3) is 0.812. The monoisotopic (exact) mass is 247 g/mol. The number of hydrogen-bond donors (Lipinski definition) is 1. The van der Waals surface area contributed by atoms with Crippen LogP contribution in [0, 0.1) is 11.8 Å². The zero-order valence-corrected chi connectivity index (χ0v) is 11.5. The first kappa shape index (κ1) is 12.4.